The van der Waals surface area contributed by atoms with Crippen LogP contribution in [-0.4, -0.2) is 64.9 Å². The van der Waals surface area contributed by atoms with Crippen LogP contribution >= 0.6 is 11.6 Å². The van der Waals surface area contributed by atoms with E-state index < -0.39 is 0 Å². The number of benzene rings is 1. The van der Waals surface area contributed by atoms with E-state index in [1.165, 1.54) is 0 Å². The molecule has 1 amide bonds. The molecule has 148 valence electrons. The van der Waals surface area contributed by atoms with E-state index in [9.17, 15) is 4.79 Å². The highest BCUT2D eigenvalue weighted by Crippen LogP contribution is 2.29. The molecule has 0 unspecified atom stereocenters. The molecule has 28 heavy (non-hydrogen) atoms. The van der Waals surface area contributed by atoms with Gasteiger partial charge in [-0.1, -0.05) is 30.7 Å². The first kappa shape index (κ1) is 19.2. The normalized spacial score (nSPS) is 17.5. The average molecular weight is 400 g/mol. The van der Waals surface area contributed by atoms with E-state index in [4.69, 9.17) is 16.6 Å². The van der Waals surface area contributed by atoms with Gasteiger partial charge in [0.25, 0.3) is 5.91 Å². The molecular weight excluding hydrogens is 374 g/mol. The van der Waals surface area contributed by atoms with Crippen LogP contribution in [0.2, 0.25) is 5.02 Å². The maximum Gasteiger partial charge on any atom is 0.255 e. The van der Waals surface area contributed by atoms with Gasteiger partial charge in [-0.05, 0) is 25.6 Å². The lowest BCUT2D eigenvalue weighted by Crippen LogP contribution is -2.47. The largest absolute Gasteiger partial charge is 0.354 e. The summed E-state index contributed by atoms with van der Waals surface area (Å²) in [7, 11) is 0. The smallest absolute Gasteiger partial charge is 0.255 e. The van der Waals surface area contributed by atoms with Gasteiger partial charge in [-0.2, -0.15) is 0 Å². The Hall–Kier alpha value is -2.18. The van der Waals surface area contributed by atoms with E-state index in [1.54, 1.807) is 12.1 Å². The van der Waals surface area contributed by atoms with Crippen LogP contribution < -0.4 is 4.90 Å². The Morgan fingerprint density at radius 1 is 1.11 bits per heavy atom. The van der Waals surface area contributed by atoms with Crippen LogP contribution in [-0.2, 0) is 13.0 Å². The molecule has 0 aliphatic carbocycles. The first-order valence-electron chi connectivity index (χ1n) is 9.94. The summed E-state index contributed by atoms with van der Waals surface area (Å²) in [5.74, 6) is 1.77. The number of rotatable bonds is 3. The molecule has 1 aromatic heterocycles. The van der Waals surface area contributed by atoms with E-state index in [0.29, 0.717) is 23.7 Å². The average Bonchev–Trinajstić information content (AvgIpc) is 2.73. The second-order valence-electron chi connectivity index (χ2n) is 7.40. The minimum atomic E-state index is -0.0291. The Bertz CT molecular complexity index is 879. The Labute approximate surface area is 171 Å². The van der Waals surface area contributed by atoms with E-state index in [1.807, 2.05) is 24.0 Å². The van der Waals surface area contributed by atoms with Crippen molar-refractivity contribution >= 4 is 23.3 Å². The van der Waals surface area contributed by atoms with Gasteiger partial charge in [0.1, 0.15) is 11.6 Å². The number of piperazine rings is 1. The summed E-state index contributed by atoms with van der Waals surface area (Å²) in [6.07, 6.45) is 0.747. The van der Waals surface area contributed by atoms with Gasteiger partial charge in [0, 0.05) is 44.7 Å². The summed E-state index contributed by atoms with van der Waals surface area (Å²) in [5.41, 5.74) is 2.71. The highest BCUT2D eigenvalue weighted by molar-refractivity contribution is 6.33. The zero-order valence-corrected chi connectivity index (χ0v) is 17.2. The molecule has 4 rings (SSSR count). The molecule has 0 spiro atoms. The fourth-order valence-electron chi connectivity index (χ4n) is 4.03. The first-order chi connectivity index (χ1) is 13.6. The zero-order valence-electron chi connectivity index (χ0n) is 16.5. The Balaban J connectivity index is 1.61. The van der Waals surface area contributed by atoms with Gasteiger partial charge in [-0.25, -0.2) is 9.97 Å². The van der Waals surface area contributed by atoms with Gasteiger partial charge in [0.05, 0.1) is 22.8 Å². The molecular formula is C21H26ClN5O. The minimum absolute atomic E-state index is 0.0291. The van der Waals surface area contributed by atoms with Crippen molar-refractivity contribution in [1.29, 1.82) is 0 Å². The first-order valence-corrected chi connectivity index (χ1v) is 10.3. The van der Waals surface area contributed by atoms with Gasteiger partial charge in [0.2, 0.25) is 0 Å². The molecule has 3 heterocycles. The number of carbonyl (C=O) groups is 1. The third-order valence-electron chi connectivity index (χ3n) is 5.66. The van der Waals surface area contributed by atoms with Crippen LogP contribution in [0.15, 0.2) is 24.3 Å². The molecule has 1 aromatic carbocycles. The molecule has 0 radical (unpaired) electrons. The van der Waals surface area contributed by atoms with Gasteiger partial charge >= 0.3 is 0 Å². The topological polar surface area (TPSA) is 52.6 Å². The van der Waals surface area contributed by atoms with Crippen LogP contribution in [0.5, 0.6) is 0 Å². The number of anilines is 1. The molecule has 0 bridgehead atoms. The summed E-state index contributed by atoms with van der Waals surface area (Å²) in [4.78, 5) is 29.2. The quantitative estimate of drug-likeness (QED) is 0.794. The maximum atomic E-state index is 13.0. The lowest BCUT2D eigenvalue weighted by Gasteiger charge is -2.37. The number of aryl methyl sites for hydroxylation is 1. The van der Waals surface area contributed by atoms with Crippen molar-refractivity contribution in [3.8, 4) is 0 Å². The second kappa shape index (κ2) is 8.05. The number of fused-ring (bicyclic) bond motifs is 1. The summed E-state index contributed by atoms with van der Waals surface area (Å²) in [6.45, 7) is 10.4. The molecule has 6 nitrogen and oxygen atoms in total. The minimum Gasteiger partial charge on any atom is -0.354 e. The molecule has 1 fully saturated rings. The molecule has 0 saturated carbocycles. The van der Waals surface area contributed by atoms with Crippen LogP contribution in [0.25, 0.3) is 0 Å². The lowest BCUT2D eigenvalue weighted by atomic mass is 10.0. The van der Waals surface area contributed by atoms with Crippen molar-refractivity contribution in [2.75, 3.05) is 44.2 Å². The predicted octanol–water partition coefficient (Wildman–Crippen LogP) is 2.78. The van der Waals surface area contributed by atoms with E-state index >= 15 is 0 Å². The monoisotopic (exact) mass is 399 g/mol. The predicted molar refractivity (Wildman–Crippen MR) is 111 cm³/mol. The fraction of sp³-hybridized carbons (Fsp3) is 0.476. The number of aromatic nitrogens is 2. The molecule has 1 saturated heterocycles. The number of amides is 1. The SMILES string of the molecule is CCN1CCN(c2nc(C)nc3c2CN(C(=O)c2ccccc2Cl)CC3)CC1. The van der Waals surface area contributed by atoms with Crippen molar-refractivity contribution in [1.82, 2.24) is 19.8 Å². The maximum absolute atomic E-state index is 13.0. The molecule has 7 heteroatoms. The number of hydrogen-bond acceptors (Lipinski definition) is 5. The third kappa shape index (κ3) is 3.71. The van der Waals surface area contributed by atoms with Gasteiger partial charge in [-0.15, -0.1) is 0 Å². The zero-order chi connectivity index (χ0) is 19.7. The number of likely N-dealkylation sites (N-methyl/N-ethyl adjacent to an activating group) is 1. The lowest BCUT2D eigenvalue weighted by molar-refractivity contribution is 0.0733. The summed E-state index contributed by atoms with van der Waals surface area (Å²) in [5, 5.41) is 0.495. The van der Waals surface area contributed by atoms with Gasteiger partial charge in [0.15, 0.2) is 0 Å². The third-order valence-corrected chi connectivity index (χ3v) is 5.99. The van der Waals surface area contributed by atoms with Crippen LogP contribution in [0, 0.1) is 6.92 Å². The summed E-state index contributed by atoms with van der Waals surface area (Å²) >= 11 is 6.25. The molecule has 2 aliphatic heterocycles. The van der Waals surface area contributed by atoms with E-state index in [2.05, 4.69) is 21.7 Å². The van der Waals surface area contributed by atoms with E-state index in [0.717, 1.165) is 62.0 Å². The Kier molecular flexibility index (Phi) is 5.51. The molecule has 2 aliphatic rings. The summed E-state index contributed by atoms with van der Waals surface area (Å²) < 4.78 is 0. The van der Waals surface area contributed by atoms with Crippen LogP contribution in [0.1, 0.15) is 34.4 Å². The Morgan fingerprint density at radius 2 is 1.86 bits per heavy atom. The number of halogens is 1. The summed E-state index contributed by atoms with van der Waals surface area (Å²) in [6, 6.07) is 7.24. The van der Waals surface area contributed by atoms with Crippen molar-refractivity contribution in [2.24, 2.45) is 0 Å². The van der Waals surface area contributed by atoms with E-state index in [-0.39, 0.29) is 5.91 Å². The highest BCUT2D eigenvalue weighted by Gasteiger charge is 2.29. The van der Waals surface area contributed by atoms with Crippen molar-refractivity contribution < 1.29 is 4.79 Å². The van der Waals surface area contributed by atoms with Gasteiger partial charge in [-0.3, -0.25) is 4.79 Å². The molecule has 0 atom stereocenters. The number of carbonyl (C=O) groups excluding carboxylic acids is 1. The highest BCUT2D eigenvalue weighted by atomic mass is 35.5. The van der Waals surface area contributed by atoms with Crippen LogP contribution in [0.3, 0.4) is 0 Å². The van der Waals surface area contributed by atoms with Crippen molar-refractivity contribution in [2.45, 2.75) is 26.8 Å². The second-order valence-corrected chi connectivity index (χ2v) is 7.80. The van der Waals surface area contributed by atoms with Crippen LogP contribution in [0.4, 0.5) is 5.82 Å². The standard InChI is InChI=1S/C21H26ClN5O/c1-3-25-10-12-26(13-11-25)20-17-14-27(9-8-19(17)23-15(2)24-20)21(28)16-6-4-5-7-18(16)22/h4-7H,3,8-14H2,1-2H3. The fourth-order valence-corrected chi connectivity index (χ4v) is 4.25. The molecule has 0 N–H and O–H groups in total. The van der Waals surface area contributed by atoms with Crippen molar-refractivity contribution in [3.05, 3.63) is 51.9 Å². The number of nitrogens with zero attached hydrogens (tertiary/aromatic N) is 5. The Morgan fingerprint density at radius 3 is 2.57 bits per heavy atom. The number of hydrogen-bond donors (Lipinski definition) is 0. The van der Waals surface area contributed by atoms with Gasteiger partial charge < -0.3 is 14.7 Å². The molecule has 2 aromatic rings. The van der Waals surface area contributed by atoms with Crippen molar-refractivity contribution in [3.63, 3.8) is 0 Å².